The van der Waals surface area contributed by atoms with Crippen molar-refractivity contribution in [2.45, 2.75) is 67.8 Å². The van der Waals surface area contributed by atoms with Gasteiger partial charge in [0.25, 0.3) is 0 Å². The molecule has 146 valence electrons. The van der Waals surface area contributed by atoms with Gasteiger partial charge in [-0.25, -0.2) is 0 Å². The van der Waals surface area contributed by atoms with E-state index in [4.69, 9.17) is 16.1 Å². The highest BCUT2D eigenvalue weighted by atomic mass is 35.5. The number of hydrogen-bond donors (Lipinski definition) is 0. The maximum atomic E-state index is 6.47. The zero-order valence-electron chi connectivity index (χ0n) is 15.7. The Hall–Kier alpha value is -1.86. The van der Waals surface area contributed by atoms with E-state index in [9.17, 15) is 0 Å². The van der Waals surface area contributed by atoms with Gasteiger partial charge in [0.05, 0.1) is 10.3 Å². The van der Waals surface area contributed by atoms with Gasteiger partial charge in [0, 0.05) is 17.5 Å². The summed E-state index contributed by atoms with van der Waals surface area (Å²) in [6, 6.07) is 8.24. The van der Waals surface area contributed by atoms with Crippen molar-refractivity contribution in [3.63, 3.8) is 0 Å². The summed E-state index contributed by atoms with van der Waals surface area (Å²) in [7, 11) is 0. The van der Waals surface area contributed by atoms with E-state index in [1.54, 1.807) is 11.8 Å². The van der Waals surface area contributed by atoms with Crippen molar-refractivity contribution in [1.29, 1.82) is 0 Å². The minimum atomic E-state index is 0.0171. The van der Waals surface area contributed by atoms with Crippen LogP contribution in [-0.2, 0) is 0 Å². The highest BCUT2D eigenvalue weighted by Crippen LogP contribution is 2.43. The van der Waals surface area contributed by atoms with Crippen LogP contribution in [0.2, 0.25) is 5.02 Å². The first-order valence-electron chi connectivity index (χ1n) is 9.90. The fourth-order valence-electron chi connectivity index (χ4n) is 3.80. The summed E-state index contributed by atoms with van der Waals surface area (Å²) in [5, 5.41) is 14.8. The first kappa shape index (κ1) is 18.2. The van der Waals surface area contributed by atoms with Gasteiger partial charge >= 0.3 is 0 Å². The monoisotopic (exact) mass is 415 g/mol. The van der Waals surface area contributed by atoms with Gasteiger partial charge in [-0.15, -0.1) is 10.2 Å². The normalized spacial score (nSPS) is 18.6. The Kier molecular flexibility index (Phi) is 4.88. The lowest BCUT2D eigenvalue weighted by atomic mass is 10.2. The van der Waals surface area contributed by atoms with Crippen LogP contribution in [-0.4, -0.2) is 24.9 Å². The van der Waals surface area contributed by atoms with Gasteiger partial charge < -0.3 is 4.52 Å². The number of benzene rings is 1. The molecule has 0 spiro atoms. The summed E-state index contributed by atoms with van der Waals surface area (Å²) in [5.41, 5.74) is 0.928. The SMILES string of the molecule is CC(Sc1nnc(-c2ccccc2Cl)n1C1CCCC1)c1nc(C2CC2)no1. The fraction of sp³-hybridized carbons (Fsp3) is 0.500. The zero-order valence-corrected chi connectivity index (χ0v) is 17.3. The van der Waals surface area contributed by atoms with Crippen LogP contribution in [0.1, 0.15) is 74.4 Å². The summed E-state index contributed by atoms with van der Waals surface area (Å²) in [6.45, 7) is 2.08. The van der Waals surface area contributed by atoms with E-state index in [0.29, 0.717) is 22.9 Å². The molecule has 2 aliphatic rings. The van der Waals surface area contributed by atoms with Crippen molar-refractivity contribution in [2.75, 3.05) is 0 Å². The Bertz CT molecular complexity index is 977. The summed E-state index contributed by atoms with van der Waals surface area (Å²) < 4.78 is 7.79. The molecule has 0 amide bonds. The van der Waals surface area contributed by atoms with Crippen molar-refractivity contribution in [3.8, 4) is 11.4 Å². The molecule has 0 bridgehead atoms. The van der Waals surface area contributed by atoms with Crippen LogP contribution in [0.25, 0.3) is 11.4 Å². The second kappa shape index (κ2) is 7.52. The van der Waals surface area contributed by atoms with Crippen molar-refractivity contribution in [2.24, 2.45) is 0 Å². The summed E-state index contributed by atoms with van der Waals surface area (Å²) >= 11 is 8.09. The first-order valence-corrected chi connectivity index (χ1v) is 11.2. The predicted octanol–water partition coefficient (Wildman–Crippen LogP) is 5.83. The molecule has 1 atom stereocenters. The van der Waals surface area contributed by atoms with Crippen LogP contribution < -0.4 is 0 Å². The average molecular weight is 416 g/mol. The maximum Gasteiger partial charge on any atom is 0.239 e. The molecule has 0 saturated heterocycles. The van der Waals surface area contributed by atoms with E-state index in [0.717, 1.165) is 48.1 Å². The Morgan fingerprint density at radius 1 is 1.14 bits per heavy atom. The van der Waals surface area contributed by atoms with Crippen LogP contribution in [0.3, 0.4) is 0 Å². The summed E-state index contributed by atoms with van der Waals surface area (Å²) in [6.07, 6.45) is 7.08. The van der Waals surface area contributed by atoms with E-state index >= 15 is 0 Å². The number of halogens is 1. The molecule has 6 nitrogen and oxygen atoms in total. The van der Waals surface area contributed by atoms with Gasteiger partial charge in [-0.1, -0.05) is 53.5 Å². The average Bonchev–Trinajstić information content (AvgIpc) is 3.12. The second-order valence-corrected chi connectivity index (χ2v) is 9.33. The summed E-state index contributed by atoms with van der Waals surface area (Å²) in [4.78, 5) is 4.60. The smallest absolute Gasteiger partial charge is 0.239 e. The lowest BCUT2D eigenvalue weighted by Crippen LogP contribution is -2.09. The van der Waals surface area contributed by atoms with Crippen LogP contribution >= 0.6 is 23.4 Å². The topological polar surface area (TPSA) is 69.6 Å². The van der Waals surface area contributed by atoms with Gasteiger partial charge in [-0.3, -0.25) is 4.57 Å². The van der Waals surface area contributed by atoms with Crippen LogP contribution in [0.4, 0.5) is 0 Å². The minimum absolute atomic E-state index is 0.0171. The molecule has 1 unspecified atom stereocenters. The fourth-order valence-corrected chi connectivity index (χ4v) is 4.97. The third kappa shape index (κ3) is 3.46. The van der Waals surface area contributed by atoms with Gasteiger partial charge in [-0.2, -0.15) is 4.98 Å². The Morgan fingerprint density at radius 2 is 1.93 bits per heavy atom. The van der Waals surface area contributed by atoms with E-state index in [1.807, 2.05) is 24.3 Å². The quantitative estimate of drug-likeness (QED) is 0.472. The number of aromatic nitrogens is 5. The molecule has 2 fully saturated rings. The molecule has 1 aromatic carbocycles. The van der Waals surface area contributed by atoms with Gasteiger partial charge in [-0.05, 0) is 44.7 Å². The van der Waals surface area contributed by atoms with Crippen LogP contribution in [0, 0.1) is 0 Å². The molecule has 0 radical (unpaired) electrons. The van der Waals surface area contributed by atoms with Gasteiger partial charge in [0.15, 0.2) is 16.8 Å². The molecule has 2 aromatic heterocycles. The Morgan fingerprint density at radius 3 is 2.68 bits per heavy atom. The number of rotatable bonds is 6. The molecular weight excluding hydrogens is 394 g/mol. The van der Waals surface area contributed by atoms with E-state index in [2.05, 4.69) is 31.8 Å². The molecule has 0 N–H and O–H groups in total. The van der Waals surface area contributed by atoms with Gasteiger partial charge in [0.2, 0.25) is 5.89 Å². The molecule has 2 saturated carbocycles. The number of hydrogen-bond acceptors (Lipinski definition) is 6. The van der Waals surface area contributed by atoms with Crippen molar-refractivity contribution >= 4 is 23.4 Å². The highest BCUT2D eigenvalue weighted by molar-refractivity contribution is 7.99. The molecule has 3 aromatic rings. The maximum absolute atomic E-state index is 6.47. The van der Waals surface area contributed by atoms with Gasteiger partial charge in [0.1, 0.15) is 0 Å². The molecule has 8 heteroatoms. The molecule has 2 heterocycles. The largest absolute Gasteiger partial charge is 0.338 e. The Labute approximate surface area is 173 Å². The van der Waals surface area contributed by atoms with E-state index in [-0.39, 0.29) is 5.25 Å². The third-order valence-electron chi connectivity index (χ3n) is 5.50. The first-order chi connectivity index (χ1) is 13.7. The molecule has 0 aliphatic heterocycles. The van der Waals surface area contributed by atoms with Crippen LogP contribution in [0.15, 0.2) is 33.9 Å². The Balaban J connectivity index is 1.47. The predicted molar refractivity (Wildman–Crippen MR) is 109 cm³/mol. The summed E-state index contributed by atoms with van der Waals surface area (Å²) in [5.74, 6) is 2.84. The van der Waals surface area contributed by atoms with Crippen molar-refractivity contribution in [1.82, 2.24) is 24.9 Å². The molecular formula is C20H22ClN5OS. The zero-order chi connectivity index (χ0) is 19.1. The van der Waals surface area contributed by atoms with Crippen LogP contribution in [0.5, 0.6) is 0 Å². The molecule has 5 rings (SSSR count). The van der Waals surface area contributed by atoms with Crippen molar-refractivity contribution < 1.29 is 4.52 Å². The molecule has 28 heavy (non-hydrogen) atoms. The van der Waals surface area contributed by atoms with E-state index in [1.165, 1.54) is 12.8 Å². The minimum Gasteiger partial charge on any atom is -0.338 e. The van der Waals surface area contributed by atoms with Crippen molar-refractivity contribution in [3.05, 3.63) is 41.0 Å². The highest BCUT2D eigenvalue weighted by Gasteiger charge is 2.31. The lowest BCUT2D eigenvalue weighted by Gasteiger charge is -2.18. The lowest BCUT2D eigenvalue weighted by molar-refractivity contribution is 0.374. The second-order valence-electron chi connectivity index (χ2n) is 7.62. The number of nitrogens with zero attached hydrogens (tertiary/aromatic N) is 5. The molecule has 2 aliphatic carbocycles. The standard InChI is InChI=1S/C20H22ClN5OS/c1-12(19-22-17(25-27-19)13-10-11-13)28-20-24-23-18(15-8-4-5-9-16(15)21)26(20)14-6-2-3-7-14/h4-5,8-9,12-14H,2-3,6-7,10-11H2,1H3. The third-order valence-corrected chi connectivity index (χ3v) is 6.87. The number of thioether (sulfide) groups is 1. The van der Waals surface area contributed by atoms with E-state index < -0.39 is 0 Å².